The molecule has 27 heavy (non-hydrogen) atoms. The molecule has 0 saturated carbocycles. The minimum atomic E-state index is -0.561. The molecule has 3 N–H and O–H groups in total. The van der Waals surface area contributed by atoms with Crippen LogP contribution in [0.15, 0.2) is 24.3 Å². The van der Waals surface area contributed by atoms with Gasteiger partial charge in [-0.1, -0.05) is 18.2 Å². The predicted molar refractivity (Wildman–Crippen MR) is 106 cm³/mol. The Bertz CT molecular complexity index is 809. The molecule has 2 fully saturated rings. The zero-order chi connectivity index (χ0) is 18.1. The highest BCUT2D eigenvalue weighted by atomic mass is 35.5. The third kappa shape index (κ3) is 3.94. The van der Waals surface area contributed by atoms with Gasteiger partial charge in [0.1, 0.15) is 6.04 Å². The largest absolute Gasteiger partial charge is 0.341 e. The number of hydrogen-bond donors (Lipinski definition) is 3. The fraction of sp³-hybridized carbons (Fsp3) is 0.526. The van der Waals surface area contributed by atoms with Crippen molar-refractivity contribution in [1.29, 1.82) is 0 Å². The Morgan fingerprint density at radius 2 is 1.85 bits per heavy atom. The number of nitrogens with zero attached hydrogens (tertiary/aromatic N) is 2. The van der Waals surface area contributed by atoms with E-state index in [0.29, 0.717) is 17.5 Å². The summed E-state index contributed by atoms with van der Waals surface area (Å²) in [5.74, 6) is 1.02. The number of amides is 2. The van der Waals surface area contributed by atoms with E-state index in [1.54, 1.807) is 6.92 Å². The zero-order valence-electron chi connectivity index (χ0n) is 15.4. The maximum atomic E-state index is 12.8. The highest BCUT2D eigenvalue weighted by Crippen LogP contribution is 2.27. The van der Waals surface area contributed by atoms with Crippen molar-refractivity contribution in [2.75, 3.05) is 26.2 Å². The summed E-state index contributed by atoms with van der Waals surface area (Å²) in [6.07, 6.45) is 2.07. The smallest absolute Gasteiger partial charge is 0.273 e. The number of carbonyl (C=O) groups is 2. The number of fused-ring (bicyclic) bond motifs is 2. The third-order valence-electron chi connectivity index (χ3n) is 5.73. The molecular formula is C19H26ClN5O2. The number of rotatable bonds is 3. The molecule has 2 aliphatic rings. The van der Waals surface area contributed by atoms with Crippen molar-refractivity contribution < 1.29 is 9.59 Å². The molecule has 7 nitrogen and oxygen atoms in total. The normalized spacial score (nSPS) is 23.2. The Morgan fingerprint density at radius 3 is 2.56 bits per heavy atom. The maximum Gasteiger partial charge on any atom is 0.273 e. The van der Waals surface area contributed by atoms with Crippen LogP contribution < -0.4 is 10.6 Å². The summed E-state index contributed by atoms with van der Waals surface area (Å²) in [4.78, 5) is 27.3. The monoisotopic (exact) mass is 391 g/mol. The van der Waals surface area contributed by atoms with Gasteiger partial charge in [-0.2, -0.15) is 5.10 Å². The number of nitrogens with one attached hydrogen (secondary N) is 3. The summed E-state index contributed by atoms with van der Waals surface area (Å²) in [7, 11) is 0. The first-order valence-corrected chi connectivity index (χ1v) is 9.37. The van der Waals surface area contributed by atoms with Crippen molar-refractivity contribution >= 4 is 35.1 Å². The lowest BCUT2D eigenvalue weighted by Gasteiger charge is -2.25. The molecule has 2 saturated heterocycles. The molecule has 8 heteroatoms. The van der Waals surface area contributed by atoms with Gasteiger partial charge in [0.2, 0.25) is 5.91 Å². The Labute approximate surface area is 164 Å². The van der Waals surface area contributed by atoms with E-state index in [1.165, 1.54) is 0 Å². The van der Waals surface area contributed by atoms with Crippen molar-refractivity contribution in [1.82, 2.24) is 25.7 Å². The summed E-state index contributed by atoms with van der Waals surface area (Å²) in [6, 6.07) is 6.91. The van der Waals surface area contributed by atoms with Gasteiger partial charge in [0.05, 0.1) is 5.52 Å². The summed E-state index contributed by atoms with van der Waals surface area (Å²) in [5.41, 5.74) is 1.14. The summed E-state index contributed by atoms with van der Waals surface area (Å²) in [5, 5.41) is 14.0. The van der Waals surface area contributed by atoms with Gasteiger partial charge in [-0.15, -0.1) is 12.4 Å². The summed E-state index contributed by atoms with van der Waals surface area (Å²) < 4.78 is 0. The minimum absolute atomic E-state index is 0. The number of aromatic nitrogens is 2. The summed E-state index contributed by atoms with van der Waals surface area (Å²) >= 11 is 0. The SMILES string of the molecule is CC(NC(=O)c1n[nH]c2ccccc12)C(=O)N1CC[C@@H]2CNC[C@@H]2CC1.Cl. The van der Waals surface area contributed by atoms with Gasteiger partial charge in [-0.25, -0.2) is 0 Å². The molecule has 0 spiro atoms. The highest BCUT2D eigenvalue weighted by Gasteiger charge is 2.33. The number of carbonyl (C=O) groups excluding carboxylic acids is 2. The minimum Gasteiger partial charge on any atom is -0.341 e. The number of aromatic amines is 1. The van der Waals surface area contributed by atoms with Gasteiger partial charge in [-0.3, -0.25) is 14.7 Å². The summed E-state index contributed by atoms with van der Waals surface area (Å²) in [6.45, 7) is 5.42. The van der Waals surface area contributed by atoms with Crippen molar-refractivity contribution in [2.45, 2.75) is 25.8 Å². The van der Waals surface area contributed by atoms with Crippen LogP contribution in [0.5, 0.6) is 0 Å². The Balaban J connectivity index is 0.00000210. The number of hydrogen-bond acceptors (Lipinski definition) is 4. The van der Waals surface area contributed by atoms with E-state index in [0.717, 1.165) is 49.9 Å². The van der Waals surface area contributed by atoms with E-state index in [9.17, 15) is 9.59 Å². The van der Waals surface area contributed by atoms with Crippen LogP contribution in [0.2, 0.25) is 0 Å². The van der Waals surface area contributed by atoms with E-state index in [2.05, 4.69) is 20.8 Å². The predicted octanol–water partition coefficient (Wildman–Crippen LogP) is 1.56. The molecule has 2 aromatic rings. The van der Waals surface area contributed by atoms with E-state index < -0.39 is 6.04 Å². The topological polar surface area (TPSA) is 90.1 Å². The zero-order valence-corrected chi connectivity index (χ0v) is 16.2. The number of para-hydroxylation sites is 1. The van der Waals surface area contributed by atoms with Gasteiger partial charge in [-0.05, 0) is 50.8 Å². The number of benzene rings is 1. The van der Waals surface area contributed by atoms with Crippen LogP contribution in [-0.2, 0) is 4.79 Å². The molecule has 146 valence electrons. The second kappa shape index (κ2) is 8.27. The van der Waals surface area contributed by atoms with Crippen LogP contribution in [0.3, 0.4) is 0 Å². The molecule has 0 aliphatic carbocycles. The van der Waals surface area contributed by atoms with Crippen LogP contribution in [-0.4, -0.2) is 59.1 Å². The van der Waals surface area contributed by atoms with Crippen LogP contribution in [0, 0.1) is 11.8 Å². The molecular weight excluding hydrogens is 366 g/mol. The molecule has 2 aliphatic heterocycles. The van der Waals surface area contributed by atoms with Crippen molar-refractivity contribution in [3.63, 3.8) is 0 Å². The average Bonchev–Trinajstić information content (AvgIpc) is 3.23. The van der Waals surface area contributed by atoms with Gasteiger partial charge < -0.3 is 15.5 Å². The number of halogens is 1. The van der Waals surface area contributed by atoms with E-state index in [4.69, 9.17) is 0 Å². The van der Waals surface area contributed by atoms with Crippen LogP contribution in [0.1, 0.15) is 30.3 Å². The van der Waals surface area contributed by atoms with Gasteiger partial charge >= 0.3 is 0 Å². The first-order valence-electron chi connectivity index (χ1n) is 9.37. The van der Waals surface area contributed by atoms with E-state index >= 15 is 0 Å². The fourth-order valence-electron chi connectivity index (χ4n) is 4.18. The van der Waals surface area contributed by atoms with Gasteiger partial charge in [0.25, 0.3) is 5.91 Å². The molecule has 0 radical (unpaired) electrons. The molecule has 0 bridgehead atoms. The first-order chi connectivity index (χ1) is 12.6. The Morgan fingerprint density at radius 1 is 1.19 bits per heavy atom. The van der Waals surface area contributed by atoms with Crippen molar-refractivity contribution in [3.8, 4) is 0 Å². The molecule has 2 amide bonds. The Hall–Kier alpha value is -2.12. The van der Waals surface area contributed by atoms with Crippen molar-refractivity contribution in [2.24, 2.45) is 11.8 Å². The number of H-pyrrole nitrogens is 1. The van der Waals surface area contributed by atoms with E-state index in [1.807, 2.05) is 29.2 Å². The second-order valence-electron chi connectivity index (χ2n) is 7.39. The lowest BCUT2D eigenvalue weighted by molar-refractivity contribution is -0.132. The number of likely N-dealkylation sites (tertiary alicyclic amines) is 1. The molecule has 3 heterocycles. The van der Waals surface area contributed by atoms with Crippen LogP contribution >= 0.6 is 12.4 Å². The molecule has 1 aromatic carbocycles. The molecule has 1 unspecified atom stereocenters. The quantitative estimate of drug-likeness (QED) is 0.740. The van der Waals surface area contributed by atoms with Crippen molar-refractivity contribution in [3.05, 3.63) is 30.0 Å². The lowest BCUT2D eigenvalue weighted by atomic mass is 9.92. The molecule has 1 aromatic heterocycles. The lowest BCUT2D eigenvalue weighted by Crippen LogP contribution is -2.47. The maximum absolute atomic E-state index is 12.8. The standard InChI is InChI=1S/C19H25N5O2.ClH/c1-12(19(26)24-8-6-13-10-20-11-14(13)7-9-24)21-18(25)17-15-4-2-3-5-16(15)22-23-17;/h2-5,12-14,20H,6-11H2,1H3,(H,21,25)(H,22,23);1H/t12?,13-,14+;. The third-order valence-corrected chi connectivity index (χ3v) is 5.73. The second-order valence-corrected chi connectivity index (χ2v) is 7.39. The molecule has 4 rings (SSSR count). The average molecular weight is 392 g/mol. The highest BCUT2D eigenvalue weighted by molar-refractivity contribution is 6.05. The van der Waals surface area contributed by atoms with Crippen LogP contribution in [0.25, 0.3) is 10.9 Å². The fourth-order valence-corrected chi connectivity index (χ4v) is 4.18. The molecule has 3 atom stereocenters. The van der Waals surface area contributed by atoms with Gasteiger partial charge in [0.15, 0.2) is 5.69 Å². The first kappa shape index (κ1) is 19.6. The van der Waals surface area contributed by atoms with Crippen LogP contribution in [0.4, 0.5) is 0 Å². The van der Waals surface area contributed by atoms with Gasteiger partial charge in [0, 0.05) is 18.5 Å². The Kier molecular flexibility index (Phi) is 6.01. The van der Waals surface area contributed by atoms with E-state index in [-0.39, 0.29) is 24.2 Å².